The van der Waals surface area contributed by atoms with Crippen molar-refractivity contribution < 1.29 is 13.7 Å². The largest absolute Gasteiger partial charge is 0.365 e. The summed E-state index contributed by atoms with van der Waals surface area (Å²) in [5, 5.41) is 16.9. The van der Waals surface area contributed by atoms with Crippen molar-refractivity contribution in [3.63, 3.8) is 0 Å². The molecule has 5 rings (SSSR count). The molecule has 33 heavy (non-hydrogen) atoms. The Kier molecular flexibility index (Phi) is 4.16. The zero-order chi connectivity index (χ0) is 25.8. The summed E-state index contributed by atoms with van der Waals surface area (Å²) >= 11 is 0. The number of anilines is 4. The number of hydrogen-bond acceptors (Lipinski definition) is 8. The van der Waals surface area contributed by atoms with Crippen LogP contribution in [-0.4, -0.2) is 50.8 Å². The highest BCUT2D eigenvalue weighted by Gasteiger charge is 2.31. The molecule has 0 aromatic carbocycles. The first kappa shape index (κ1) is 17.5. The summed E-state index contributed by atoms with van der Waals surface area (Å²) in [7, 11) is 3.66. The van der Waals surface area contributed by atoms with E-state index in [1.807, 2.05) is 30.3 Å². The normalized spacial score (nSPS) is 16.1. The van der Waals surface area contributed by atoms with Crippen molar-refractivity contribution in [2.24, 2.45) is 13.0 Å². The van der Waals surface area contributed by atoms with Gasteiger partial charge in [0.2, 0.25) is 5.91 Å². The minimum absolute atomic E-state index is 0.00810. The Hall–Kier alpha value is -4.02. The van der Waals surface area contributed by atoms with E-state index in [9.17, 15) is 9.59 Å². The maximum absolute atomic E-state index is 12.8. The zero-order valence-corrected chi connectivity index (χ0v) is 18.4. The highest BCUT2D eigenvalue weighted by atomic mass is 16.2. The summed E-state index contributed by atoms with van der Waals surface area (Å²) in [6.45, 7) is -0.343. The van der Waals surface area contributed by atoms with Gasteiger partial charge >= 0.3 is 0 Å². The summed E-state index contributed by atoms with van der Waals surface area (Å²) in [4.78, 5) is 37.4. The molecule has 0 bridgehead atoms. The van der Waals surface area contributed by atoms with E-state index < -0.39 is 12.9 Å². The fourth-order valence-corrected chi connectivity index (χ4v) is 3.96. The van der Waals surface area contributed by atoms with E-state index in [0.29, 0.717) is 18.1 Å². The number of carbonyl (C=O) groups excluding carboxylic acids is 2. The van der Waals surface area contributed by atoms with Crippen molar-refractivity contribution in [1.29, 1.82) is 0 Å². The molecule has 0 spiro atoms. The average molecular weight is 451 g/mol. The maximum Gasteiger partial charge on any atom is 0.254 e. The molecule has 3 aromatic rings. The molecule has 1 saturated carbocycles. The van der Waals surface area contributed by atoms with Crippen LogP contribution < -0.4 is 20.9 Å². The molecule has 0 radical (unpaired) electrons. The third-order valence-corrected chi connectivity index (χ3v) is 5.64. The molecule has 0 saturated heterocycles. The van der Waals surface area contributed by atoms with Gasteiger partial charge in [-0.05, 0) is 25.8 Å². The first-order valence-electron chi connectivity index (χ1n) is 12.0. The fraction of sp³-hybridized carbons (Fsp3) is 0.364. The molecule has 2 aliphatic rings. The Morgan fingerprint density at radius 2 is 2.03 bits per heavy atom. The van der Waals surface area contributed by atoms with Crippen LogP contribution in [0, 0.1) is 12.8 Å². The highest BCUT2D eigenvalue weighted by Crippen LogP contribution is 2.42. The first-order valence-corrected chi connectivity index (χ1v) is 10.5. The molecule has 11 nitrogen and oxygen atoms in total. The first-order chi connectivity index (χ1) is 17.0. The average Bonchev–Trinajstić information content (AvgIpc) is 3.54. The van der Waals surface area contributed by atoms with Gasteiger partial charge in [-0.1, -0.05) is 0 Å². The smallest absolute Gasteiger partial charge is 0.254 e. The number of fused-ring (bicyclic) bond motifs is 3. The van der Waals surface area contributed by atoms with E-state index in [0.717, 1.165) is 35.5 Å². The summed E-state index contributed by atoms with van der Waals surface area (Å²) in [6.07, 6.45) is 2.89. The number of nitrogens with zero attached hydrogens (tertiary/aromatic N) is 6. The highest BCUT2D eigenvalue weighted by molar-refractivity contribution is 6.02. The number of aryl methyl sites for hydroxylation is 2. The van der Waals surface area contributed by atoms with Gasteiger partial charge in [0.15, 0.2) is 5.82 Å². The second kappa shape index (κ2) is 7.84. The standard InChI is InChI=1S/C22H25N9O2/c1-11-7-13-18-16(28-31(4)29-18)10-30(3)19(13)20(25-11)26-15-8-17(27-21(32)12-5-6-12)24-9-14(15)22(33)23-2/h7-9,12H,5-6,10H2,1-4H3,(H,23,33)(H2,24,25,26,27,32)/i2D3. The van der Waals surface area contributed by atoms with E-state index in [-0.39, 0.29) is 28.9 Å². The molecule has 3 aromatic heterocycles. The lowest BCUT2D eigenvalue weighted by Crippen LogP contribution is -2.24. The SMILES string of the molecule is [2H]C([2H])([2H])NC(=O)c1cnc(NC(=O)C2CC2)cc1Nc1nc(C)cc2c1N(C)Cc1nn(C)nc1-2. The van der Waals surface area contributed by atoms with E-state index in [4.69, 9.17) is 4.11 Å². The van der Waals surface area contributed by atoms with E-state index in [1.165, 1.54) is 17.1 Å². The summed E-state index contributed by atoms with van der Waals surface area (Å²) in [6, 6.07) is 3.42. The van der Waals surface area contributed by atoms with Crippen LogP contribution in [0.25, 0.3) is 11.3 Å². The number of rotatable bonds is 5. The predicted octanol–water partition coefficient (Wildman–Crippen LogP) is 1.98. The molecule has 1 aliphatic carbocycles. The molecule has 170 valence electrons. The number of aromatic nitrogens is 5. The molecule has 11 heteroatoms. The van der Waals surface area contributed by atoms with Crippen molar-refractivity contribution in [2.45, 2.75) is 26.3 Å². The third-order valence-electron chi connectivity index (χ3n) is 5.64. The number of carbonyl (C=O) groups is 2. The zero-order valence-electron chi connectivity index (χ0n) is 21.4. The Labute approximate surface area is 194 Å². The van der Waals surface area contributed by atoms with Gasteiger partial charge in [0.1, 0.15) is 17.2 Å². The van der Waals surface area contributed by atoms with Crippen LogP contribution in [0.15, 0.2) is 18.3 Å². The second-order valence-corrected chi connectivity index (χ2v) is 8.31. The van der Waals surface area contributed by atoms with Gasteiger partial charge in [0.25, 0.3) is 5.91 Å². The Balaban J connectivity index is 1.58. The van der Waals surface area contributed by atoms with Gasteiger partial charge in [0.05, 0.1) is 23.5 Å². The van der Waals surface area contributed by atoms with Crippen molar-refractivity contribution in [1.82, 2.24) is 30.3 Å². The summed E-state index contributed by atoms with van der Waals surface area (Å²) in [5.41, 5.74) is 4.08. The van der Waals surface area contributed by atoms with Crippen LogP contribution in [0.5, 0.6) is 0 Å². The molecule has 0 atom stereocenters. The molecule has 1 aliphatic heterocycles. The predicted molar refractivity (Wildman–Crippen MR) is 123 cm³/mol. The van der Waals surface area contributed by atoms with E-state index in [2.05, 4.69) is 30.8 Å². The minimum atomic E-state index is -2.68. The molecule has 3 N–H and O–H groups in total. The van der Waals surface area contributed by atoms with Crippen molar-refractivity contribution in [2.75, 3.05) is 29.6 Å². The maximum atomic E-state index is 12.8. The Bertz CT molecular complexity index is 1380. The second-order valence-electron chi connectivity index (χ2n) is 8.31. The Morgan fingerprint density at radius 1 is 1.21 bits per heavy atom. The summed E-state index contributed by atoms with van der Waals surface area (Å²) in [5.74, 6) is -0.337. The van der Waals surface area contributed by atoms with Crippen molar-refractivity contribution >= 4 is 34.8 Å². The van der Waals surface area contributed by atoms with Crippen LogP contribution in [0.4, 0.5) is 23.0 Å². The van der Waals surface area contributed by atoms with Crippen molar-refractivity contribution in [3.05, 3.63) is 35.3 Å². The molecule has 4 heterocycles. The monoisotopic (exact) mass is 450 g/mol. The van der Waals surface area contributed by atoms with Crippen LogP contribution >= 0.6 is 0 Å². The Morgan fingerprint density at radius 3 is 2.79 bits per heavy atom. The molecule has 0 unspecified atom stereocenters. The number of nitrogens with one attached hydrogen (secondary N) is 3. The van der Waals surface area contributed by atoms with Crippen LogP contribution in [-0.2, 0) is 18.4 Å². The lowest BCUT2D eigenvalue weighted by atomic mass is 10.0. The number of hydrogen-bond donors (Lipinski definition) is 3. The number of amides is 2. The minimum Gasteiger partial charge on any atom is -0.365 e. The number of pyridine rings is 2. The van der Waals surface area contributed by atoms with Crippen molar-refractivity contribution in [3.8, 4) is 11.3 Å². The fourth-order valence-electron chi connectivity index (χ4n) is 3.96. The van der Waals surface area contributed by atoms with Crippen LogP contribution in [0.2, 0.25) is 0 Å². The van der Waals surface area contributed by atoms with Gasteiger partial charge in [0, 0.05) is 54.6 Å². The van der Waals surface area contributed by atoms with Gasteiger partial charge in [-0.15, -0.1) is 0 Å². The van der Waals surface area contributed by atoms with Crippen LogP contribution in [0.1, 0.15) is 38.7 Å². The summed E-state index contributed by atoms with van der Waals surface area (Å²) < 4.78 is 22.2. The molecule has 2 amide bonds. The van der Waals surface area contributed by atoms with E-state index in [1.54, 1.807) is 7.05 Å². The third kappa shape index (κ3) is 3.86. The van der Waals surface area contributed by atoms with Gasteiger partial charge in [-0.3, -0.25) is 9.59 Å². The quantitative estimate of drug-likeness (QED) is 0.538. The van der Waals surface area contributed by atoms with Gasteiger partial charge in [-0.2, -0.15) is 15.0 Å². The van der Waals surface area contributed by atoms with Crippen LogP contribution in [0.3, 0.4) is 0 Å². The topological polar surface area (TPSA) is 130 Å². The van der Waals surface area contributed by atoms with E-state index >= 15 is 0 Å². The molecule has 1 fully saturated rings. The lowest BCUT2D eigenvalue weighted by Gasteiger charge is -2.28. The molecular formula is C22H25N9O2. The van der Waals surface area contributed by atoms with Gasteiger partial charge < -0.3 is 20.9 Å². The lowest BCUT2D eigenvalue weighted by molar-refractivity contribution is -0.117. The van der Waals surface area contributed by atoms with Gasteiger partial charge in [-0.25, -0.2) is 9.97 Å². The molecular weight excluding hydrogens is 422 g/mol.